The third-order valence-electron chi connectivity index (χ3n) is 4.16. The van der Waals surface area contributed by atoms with E-state index < -0.39 is 5.97 Å². The number of rotatable bonds is 3. The van der Waals surface area contributed by atoms with Gasteiger partial charge in [0.15, 0.2) is 0 Å². The molecule has 2 rings (SSSR count). The number of hydrogen-bond donors (Lipinski definition) is 1. The molecule has 1 aliphatic heterocycles. The molecule has 1 fully saturated rings. The zero-order chi connectivity index (χ0) is 14.2. The van der Waals surface area contributed by atoms with Gasteiger partial charge in [-0.15, -0.1) is 0 Å². The lowest BCUT2D eigenvalue weighted by molar-refractivity contribution is 0.0694. The molecule has 1 aromatic rings. The van der Waals surface area contributed by atoms with Crippen molar-refractivity contribution in [1.82, 2.24) is 14.7 Å². The van der Waals surface area contributed by atoms with Crippen LogP contribution in [-0.4, -0.2) is 38.8 Å². The SMILES string of the molecule is Cn1ncc(C(=O)O)c1CN1CCC(C(C)(C)C)C1. The number of carboxylic acid groups (broad SMARTS) is 1. The van der Waals surface area contributed by atoms with E-state index in [1.165, 1.54) is 12.6 Å². The van der Waals surface area contributed by atoms with Gasteiger partial charge in [-0.3, -0.25) is 9.58 Å². The fraction of sp³-hybridized carbons (Fsp3) is 0.714. The lowest BCUT2D eigenvalue weighted by Gasteiger charge is -2.27. The summed E-state index contributed by atoms with van der Waals surface area (Å²) in [6.45, 7) is 9.56. The van der Waals surface area contributed by atoms with Crippen LogP contribution in [0.3, 0.4) is 0 Å². The van der Waals surface area contributed by atoms with Crippen molar-refractivity contribution in [2.45, 2.75) is 33.7 Å². The monoisotopic (exact) mass is 265 g/mol. The Morgan fingerprint density at radius 2 is 2.21 bits per heavy atom. The fourth-order valence-corrected chi connectivity index (χ4v) is 2.72. The molecule has 0 bridgehead atoms. The van der Waals surface area contributed by atoms with Crippen LogP contribution in [0.5, 0.6) is 0 Å². The van der Waals surface area contributed by atoms with Gasteiger partial charge >= 0.3 is 5.97 Å². The van der Waals surface area contributed by atoms with Crippen molar-refractivity contribution in [3.05, 3.63) is 17.5 Å². The first-order valence-corrected chi connectivity index (χ1v) is 6.75. The zero-order valence-corrected chi connectivity index (χ0v) is 12.2. The largest absolute Gasteiger partial charge is 0.478 e. The van der Waals surface area contributed by atoms with Gasteiger partial charge in [0.1, 0.15) is 5.56 Å². The number of nitrogens with zero attached hydrogens (tertiary/aromatic N) is 3. The predicted octanol–water partition coefficient (Wildman–Crippen LogP) is 1.99. The Hall–Kier alpha value is -1.36. The number of aryl methyl sites for hydroxylation is 1. The Bertz CT molecular complexity index is 474. The highest BCUT2D eigenvalue weighted by molar-refractivity contribution is 5.88. The van der Waals surface area contributed by atoms with Crippen LogP contribution in [0, 0.1) is 11.3 Å². The third-order valence-corrected chi connectivity index (χ3v) is 4.16. The van der Waals surface area contributed by atoms with Gasteiger partial charge in [0, 0.05) is 20.1 Å². The average Bonchev–Trinajstić information content (AvgIpc) is 2.87. The molecule has 0 radical (unpaired) electrons. The predicted molar refractivity (Wildman–Crippen MR) is 73.0 cm³/mol. The summed E-state index contributed by atoms with van der Waals surface area (Å²) < 4.78 is 1.67. The van der Waals surface area contributed by atoms with Crippen LogP contribution < -0.4 is 0 Å². The lowest BCUT2D eigenvalue weighted by atomic mass is 9.80. The number of carboxylic acids is 1. The summed E-state index contributed by atoms with van der Waals surface area (Å²) in [5.74, 6) is -0.219. The van der Waals surface area contributed by atoms with Gasteiger partial charge in [0.05, 0.1) is 11.9 Å². The molecule has 0 aliphatic carbocycles. The number of hydrogen-bond acceptors (Lipinski definition) is 3. The van der Waals surface area contributed by atoms with E-state index in [0.717, 1.165) is 18.8 Å². The number of carbonyl (C=O) groups is 1. The van der Waals surface area contributed by atoms with E-state index >= 15 is 0 Å². The molecule has 0 aromatic carbocycles. The van der Waals surface area contributed by atoms with Crippen molar-refractivity contribution in [2.24, 2.45) is 18.4 Å². The van der Waals surface area contributed by atoms with Crippen molar-refractivity contribution < 1.29 is 9.90 Å². The van der Waals surface area contributed by atoms with E-state index in [0.29, 0.717) is 23.4 Å². The summed E-state index contributed by atoms with van der Waals surface area (Å²) in [5, 5.41) is 13.2. The molecule has 106 valence electrons. The van der Waals surface area contributed by atoms with Crippen molar-refractivity contribution in [3.8, 4) is 0 Å². The molecule has 1 N–H and O–H groups in total. The molecule has 1 saturated heterocycles. The Balaban J connectivity index is 2.07. The summed E-state index contributed by atoms with van der Waals surface area (Å²) in [5.41, 5.74) is 1.43. The molecule has 0 amide bonds. The van der Waals surface area contributed by atoms with E-state index in [-0.39, 0.29) is 0 Å². The lowest BCUT2D eigenvalue weighted by Crippen LogP contribution is -2.27. The summed E-state index contributed by atoms with van der Waals surface area (Å²) >= 11 is 0. The molecule has 2 heterocycles. The van der Waals surface area contributed by atoms with Gasteiger partial charge in [0.25, 0.3) is 0 Å². The first-order valence-electron chi connectivity index (χ1n) is 6.75. The van der Waals surface area contributed by atoms with Crippen LogP contribution in [0.2, 0.25) is 0 Å². The average molecular weight is 265 g/mol. The van der Waals surface area contributed by atoms with E-state index in [1.54, 1.807) is 11.7 Å². The van der Waals surface area contributed by atoms with Crippen LogP contribution in [-0.2, 0) is 13.6 Å². The zero-order valence-electron chi connectivity index (χ0n) is 12.2. The van der Waals surface area contributed by atoms with Crippen LogP contribution in [0.25, 0.3) is 0 Å². The molecular weight excluding hydrogens is 242 g/mol. The second-order valence-electron chi connectivity index (χ2n) is 6.52. The van der Waals surface area contributed by atoms with Gasteiger partial charge in [-0.2, -0.15) is 5.10 Å². The normalized spacial score (nSPS) is 20.9. The quantitative estimate of drug-likeness (QED) is 0.908. The number of aromatic carboxylic acids is 1. The van der Waals surface area contributed by atoms with Crippen molar-refractivity contribution >= 4 is 5.97 Å². The van der Waals surface area contributed by atoms with E-state index in [2.05, 4.69) is 30.8 Å². The maximum atomic E-state index is 11.2. The van der Waals surface area contributed by atoms with Crippen LogP contribution >= 0.6 is 0 Å². The molecule has 1 atom stereocenters. The second kappa shape index (κ2) is 4.96. The second-order valence-corrected chi connectivity index (χ2v) is 6.52. The molecular formula is C14H23N3O2. The minimum Gasteiger partial charge on any atom is -0.478 e. The van der Waals surface area contributed by atoms with Crippen molar-refractivity contribution in [2.75, 3.05) is 13.1 Å². The molecule has 0 spiro atoms. The van der Waals surface area contributed by atoms with Gasteiger partial charge < -0.3 is 5.11 Å². The number of aromatic nitrogens is 2. The first-order chi connectivity index (χ1) is 8.79. The maximum Gasteiger partial charge on any atom is 0.339 e. The highest BCUT2D eigenvalue weighted by Gasteiger charge is 2.32. The Morgan fingerprint density at radius 1 is 1.53 bits per heavy atom. The highest BCUT2D eigenvalue weighted by atomic mass is 16.4. The van der Waals surface area contributed by atoms with Gasteiger partial charge in [-0.25, -0.2) is 4.79 Å². The van der Waals surface area contributed by atoms with E-state index in [9.17, 15) is 4.79 Å². The summed E-state index contributed by atoms with van der Waals surface area (Å²) in [7, 11) is 1.80. The molecule has 19 heavy (non-hydrogen) atoms. The minimum atomic E-state index is -0.894. The third kappa shape index (κ3) is 2.97. The van der Waals surface area contributed by atoms with Crippen molar-refractivity contribution in [1.29, 1.82) is 0 Å². The Morgan fingerprint density at radius 3 is 2.74 bits per heavy atom. The maximum absolute atomic E-state index is 11.2. The minimum absolute atomic E-state index is 0.316. The fourth-order valence-electron chi connectivity index (χ4n) is 2.72. The smallest absolute Gasteiger partial charge is 0.339 e. The van der Waals surface area contributed by atoms with Gasteiger partial charge in [-0.05, 0) is 24.3 Å². The summed E-state index contributed by atoms with van der Waals surface area (Å²) in [6.07, 6.45) is 2.62. The Labute approximate surface area is 114 Å². The van der Waals surface area contributed by atoms with Crippen LogP contribution in [0.4, 0.5) is 0 Å². The van der Waals surface area contributed by atoms with Gasteiger partial charge in [-0.1, -0.05) is 20.8 Å². The first kappa shape index (κ1) is 14.1. The molecule has 1 aromatic heterocycles. The molecule has 1 aliphatic rings. The van der Waals surface area contributed by atoms with Crippen molar-refractivity contribution in [3.63, 3.8) is 0 Å². The Kier molecular flexibility index (Phi) is 3.67. The standard InChI is InChI=1S/C14H23N3O2/c1-14(2,3)10-5-6-17(8-10)9-12-11(13(18)19)7-15-16(12)4/h7,10H,5-6,8-9H2,1-4H3,(H,18,19). The molecule has 1 unspecified atom stereocenters. The highest BCUT2D eigenvalue weighted by Crippen LogP contribution is 2.34. The van der Waals surface area contributed by atoms with Gasteiger partial charge in [0.2, 0.25) is 0 Å². The van der Waals surface area contributed by atoms with Crippen LogP contribution in [0.1, 0.15) is 43.2 Å². The summed E-state index contributed by atoms with van der Waals surface area (Å²) in [6, 6.07) is 0. The molecule has 5 heteroatoms. The number of likely N-dealkylation sites (tertiary alicyclic amines) is 1. The topological polar surface area (TPSA) is 58.4 Å². The van der Waals surface area contributed by atoms with E-state index in [1.807, 2.05) is 0 Å². The summed E-state index contributed by atoms with van der Waals surface area (Å²) in [4.78, 5) is 13.5. The molecule has 5 nitrogen and oxygen atoms in total. The van der Waals surface area contributed by atoms with Crippen LogP contribution in [0.15, 0.2) is 6.20 Å². The molecule has 0 saturated carbocycles. The van der Waals surface area contributed by atoms with E-state index in [4.69, 9.17) is 5.11 Å².